The summed E-state index contributed by atoms with van der Waals surface area (Å²) in [6.45, 7) is 5.85. The summed E-state index contributed by atoms with van der Waals surface area (Å²) < 4.78 is 5.38. The molecular weight excluding hydrogens is 654 g/mol. The number of rotatable bonds is 3. The standard InChI is InChI=1S/C33H45N7O8S/c1-18-9-12-49-27(18)20-7-5-19(6-8-20)26-31(46)36-15-24(42)37-22(14-34)29(44)35-10-11-48-17-25(43)38-28(33(2,3)4)32(47)40-16-21(41)13-23(40)30(45)39-26/h5-9,12,21-23,26,28,41H,10-11,13-17,34H2,1-4H3,(H,35,44)(H,36,46)(H,37,42)(H,38,43)(H,39,45)/t21-,22-,23+,26+,28-/m1/s1. The van der Waals surface area contributed by atoms with Crippen LogP contribution in [-0.4, -0.2) is 109 Å². The van der Waals surface area contributed by atoms with E-state index in [0.29, 0.717) is 5.56 Å². The Bertz CT molecular complexity index is 1540. The monoisotopic (exact) mass is 699 g/mol. The number of benzene rings is 1. The van der Waals surface area contributed by atoms with Crippen molar-refractivity contribution < 1.29 is 38.6 Å². The molecule has 4 rings (SSSR count). The molecule has 2 saturated heterocycles. The summed E-state index contributed by atoms with van der Waals surface area (Å²) in [4.78, 5) is 82.0. The van der Waals surface area contributed by atoms with Crippen molar-refractivity contribution in [2.45, 2.75) is 64.4 Å². The van der Waals surface area contributed by atoms with Crippen LogP contribution < -0.4 is 32.3 Å². The molecule has 3 heterocycles. The minimum absolute atomic E-state index is 0.00446. The summed E-state index contributed by atoms with van der Waals surface area (Å²) in [6, 6.07) is 4.35. The SMILES string of the molecule is Cc1ccsc1-c1ccc([C@@H]2NC(=O)[C@@H]3C[C@@H](O)CN3C(=O)[C@H](C(C)(C)C)NC(=O)COCCNC(=O)[C@@H](CN)NC(=O)CNC2=O)cc1. The predicted octanol–water partition coefficient (Wildman–Crippen LogP) is -0.920. The van der Waals surface area contributed by atoms with E-state index in [1.54, 1.807) is 44.2 Å². The zero-order valence-corrected chi connectivity index (χ0v) is 28.9. The van der Waals surface area contributed by atoms with Gasteiger partial charge in [0.15, 0.2) is 0 Å². The molecule has 2 aromatic rings. The number of nitrogens with one attached hydrogen (secondary N) is 5. The molecule has 8 N–H and O–H groups in total. The fourth-order valence-corrected chi connectivity index (χ4v) is 6.57. The van der Waals surface area contributed by atoms with E-state index in [1.807, 2.05) is 30.5 Å². The number of amides is 6. The summed E-state index contributed by atoms with van der Waals surface area (Å²) in [5, 5.41) is 25.5. The molecule has 15 nitrogen and oxygen atoms in total. The third kappa shape index (κ3) is 9.62. The number of aliphatic hydroxyl groups is 1. The van der Waals surface area contributed by atoms with Gasteiger partial charge < -0.3 is 47.1 Å². The highest BCUT2D eigenvalue weighted by Crippen LogP contribution is 2.31. The van der Waals surface area contributed by atoms with E-state index in [-0.39, 0.29) is 32.7 Å². The van der Waals surface area contributed by atoms with Gasteiger partial charge in [-0.2, -0.15) is 0 Å². The summed E-state index contributed by atoms with van der Waals surface area (Å²) in [6.07, 6.45) is -1.12. The molecule has 0 unspecified atom stereocenters. The molecule has 1 aromatic carbocycles. The summed E-state index contributed by atoms with van der Waals surface area (Å²) in [5.74, 6) is -3.91. The number of fused-ring (bicyclic) bond motifs is 1. The lowest BCUT2D eigenvalue weighted by atomic mass is 9.85. The number of aliphatic hydroxyl groups excluding tert-OH is 1. The van der Waals surface area contributed by atoms with E-state index in [0.717, 1.165) is 16.0 Å². The maximum Gasteiger partial charge on any atom is 0.247 e. The average molecular weight is 700 g/mol. The van der Waals surface area contributed by atoms with Gasteiger partial charge in [-0.3, -0.25) is 28.8 Å². The molecule has 0 spiro atoms. The van der Waals surface area contributed by atoms with Crippen LogP contribution in [0.25, 0.3) is 10.4 Å². The first-order valence-electron chi connectivity index (χ1n) is 16.0. The highest BCUT2D eigenvalue weighted by molar-refractivity contribution is 7.13. The molecule has 0 bridgehead atoms. The Morgan fingerprint density at radius 1 is 0.939 bits per heavy atom. The third-order valence-electron chi connectivity index (χ3n) is 8.29. The van der Waals surface area contributed by atoms with E-state index in [9.17, 15) is 33.9 Å². The second-order valence-electron chi connectivity index (χ2n) is 13.2. The van der Waals surface area contributed by atoms with E-state index in [2.05, 4.69) is 26.6 Å². The van der Waals surface area contributed by atoms with Gasteiger partial charge >= 0.3 is 0 Å². The summed E-state index contributed by atoms with van der Waals surface area (Å²) in [5.41, 5.74) is 7.30. The Morgan fingerprint density at radius 3 is 2.29 bits per heavy atom. The summed E-state index contributed by atoms with van der Waals surface area (Å²) >= 11 is 1.56. The predicted molar refractivity (Wildman–Crippen MR) is 181 cm³/mol. The molecule has 49 heavy (non-hydrogen) atoms. The van der Waals surface area contributed by atoms with Crippen molar-refractivity contribution in [3.8, 4) is 10.4 Å². The van der Waals surface area contributed by atoms with Crippen LogP contribution in [-0.2, 0) is 33.5 Å². The van der Waals surface area contributed by atoms with E-state index in [4.69, 9.17) is 10.5 Å². The van der Waals surface area contributed by atoms with Gasteiger partial charge in [0.05, 0.1) is 19.3 Å². The minimum Gasteiger partial charge on any atom is -0.391 e. The number of hydrogen-bond donors (Lipinski definition) is 7. The number of carbonyl (C=O) groups is 6. The van der Waals surface area contributed by atoms with Crippen molar-refractivity contribution in [3.05, 3.63) is 46.8 Å². The van der Waals surface area contributed by atoms with Crippen LogP contribution in [0.3, 0.4) is 0 Å². The number of aryl methyl sites for hydroxylation is 1. The fourth-order valence-electron chi connectivity index (χ4n) is 5.64. The quantitative estimate of drug-likeness (QED) is 0.210. The lowest BCUT2D eigenvalue weighted by Crippen LogP contribution is -2.58. The Morgan fingerprint density at radius 2 is 1.65 bits per heavy atom. The maximum absolute atomic E-state index is 13.9. The van der Waals surface area contributed by atoms with Gasteiger partial charge in [-0.25, -0.2) is 0 Å². The highest BCUT2D eigenvalue weighted by Gasteiger charge is 2.45. The molecule has 0 saturated carbocycles. The van der Waals surface area contributed by atoms with Gasteiger partial charge in [-0.1, -0.05) is 45.0 Å². The lowest BCUT2D eigenvalue weighted by molar-refractivity contribution is -0.145. The van der Waals surface area contributed by atoms with Crippen molar-refractivity contribution in [1.29, 1.82) is 0 Å². The molecule has 0 aliphatic carbocycles. The second kappa shape index (κ2) is 16.3. The Balaban J connectivity index is 1.66. The number of thiophene rings is 1. The van der Waals surface area contributed by atoms with Gasteiger partial charge in [0.1, 0.15) is 30.8 Å². The van der Waals surface area contributed by atoms with Crippen LogP contribution in [0.5, 0.6) is 0 Å². The van der Waals surface area contributed by atoms with Crippen molar-refractivity contribution in [1.82, 2.24) is 31.5 Å². The highest BCUT2D eigenvalue weighted by atomic mass is 32.1. The number of carbonyl (C=O) groups excluding carboxylic acids is 6. The molecule has 2 aliphatic rings. The van der Waals surface area contributed by atoms with Crippen molar-refractivity contribution in [2.24, 2.45) is 11.1 Å². The number of nitrogens with two attached hydrogens (primary N) is 1. The molecule has 5 atom stereocenters. The fraction of sp³-hybridized carbons (Fsp3) is 0.515. The van der Waals surface area contributed by atoms with Gasteiger partial charge in [-0.05, 0) is 40.5 Å². The normalized spacial score (nSPS) is 25.7. The molecule has 266 valence electrons. The minimum atomic E-state index is -1.30. The first-order valence-corrected chi connectivity index (χ1v) is 16.9. The van der Waals surface area contributed by atoms with Crippen LogP contribution >= 0.6 is 11.3 Å². The summed E-state index contributed by atoms with van der Waals surface area (Å²) in [7, 11) is 0. The van der Waals surface area contributed by atoms with Crippen LogP contribution in [0.1, 0.15) is 44.4 Å². The van der Waals surface area contributed by atoms with Gasteiger partial charge in [0, 0.05) is 30.9 Å². The molecular formula is C33H45N7O8S. The van der Waals surface area contributed by atoms with Gasteiger partial charge in [0.2, 0.25) is 35.4 Å². The van der Waals surface area contributed by atoms with Gasteiger partial charge in [-0.15, -0.1) is 11.3 Å². The zero-order valence-electron chi connectivity index (χ0n) is 28.0. The Hall–Kier alpha value is -4.38. The maximum atomic E-state index is 13.9. The molecule has 2 fully saturated rings. The molecule has 2 aliphatic heterocycles. The van der Waals surface area contributed by atoms with Crippen molar-refractivity contribution >= 4 is 46.8 Å². The molecule has 16 heteroatoms. The first-order chi connectivity index (χ1) is 23.2. The lowest BCUT2D eigenvalue weighted by Gasteiger charge is -2.35. The average Bonchev–Trinajstić information content (AvgIpc) is 3.67. The van der Waals surface area contributed by atoms with E-state index >= 15 is 0 Å². The smallest absolute Gasteiger partial charge is 0.247 e. The van der Waals surface area contributed by atoms with Crippen molar-refractivity contribution in [3.63, 3.8) is 0 Å². The number of nitrogens with zero attached hydrogens (tertiary/aromatic N) is 1. The zero-order chi connectivity index (χ0) is 35.9. The Kier molecular flexibility index (Phi) is 12.5. The number of ether oxygens (including phenoxy) is 1. The van der Waals surface area contributed by atoms with Gasteiger partial charge in [0.25, 0.3) is 0 Å². The molecule has 0 radical (unpaired) electrons. The van der Waals surface area contributed by atoms with Crippen LogP contribution in [0.4, 0.5) is 0 Å². The van der Waals surface area contributed by atoms with Crippen LogP contribution in [0, 0.1) is 12.3 Å². The number of hydrogen-bond acceptors (Lipinski definition) is 10. The largest absolute Gasteiger partial charge is 0.391 e. The van der Waals surface area contributed by atoms with Crippen LogP contribution in [0.15, 0.2) is 35.7 Å². The van der Waals surface area contributed by atoms with Crippen LogP contribution in [0.2, 0.25) is 0 Å². The van der Waals surface area contributed by atoms with E-state index < -0.39 is 84.3 Å². The molecule has 1 aromatic heterocycles. The molecule has 6 amide bonds. The third-order valence-corrected chi connectivity index (χ3v) is 9.36. The Labute approximate surface area is 288 Å². The van der Waals surface area contributed by atoms with Crippen molar-refractivity contribution in [2.75, 3.05) is 39.4 Å². The topological polar surface area (TPSA) is 221 Å². The second-order valence-corrected chi connectivity index (χ2v) is 14.1. The van der Waals surface area contributed by atoms with E-state index in [1.165, 1.54) is 4.90 Å². The first kappa shape index (κ1) is 37.4.